The molecule has 0 unspecified atom stereocenters. The predicted molar refractivity (Wildman–Crippen MR) is 81.8 cm³/mol. The van der Waals surface area contributed by atoms with Crippen LogP contribution in [0.3, 0.4) is 0 Å². The zero-order valence-electron chi connectivity index (χ0n) is 12.7. The number of amides is 1. The number of hydrogen-bond acceptors (Lipinski definition) is 4. The molecule has 0 radical (unpaired) electrons. The van der Waals surface area contributed by atoms with Crippen molar-refractivity contribution < 1.29 is 9.53 Å². The highest BCUT2D eigenvalue weighted by Crippen LogP contribution is 2.13. The molecule has 0 heterocycles. The van der Waals surface area contributed by atoms with E-state index in [0.29, 0.717) is 26.1 Å². The van der Waals surface area contributed by atoms with Crippen molar-refractivity contribution in [2.75, 3.05) is 13.2 Å². The maximum absolute atomic E-state index is 11.5. The van der Waals surface area contributed by atoms with Crippen LogP contribution in [0.25, 0.3) is 0 Å². The van der Waals surface area contributed by atoms with Crippen LogP contribution in [0.15, 0.2) is 24.3 Å². The van der Waals surface area contributed by atoms with Gasteiger partial charge in [0.1, 0.15) is 5.75 Å². The third kappa shape index (κ3) is 7.95. The maximum atomic E-state index is 11.5. The molecule has 1 rings (SSSR count). The van der Waals surface area contributed by atoms with Gasteiger partial charge in [-0.25, -0.2) is 0 Å². The fourth-order valence-corrected chi connectivity index (χ4v) is 1.78. The van der Waals surface area contributed by atoms with Crippen molar-refractivity contribution in [3.8, 4) is 11.8 Å². The van der Waals surface area contributed by atoms with E-state index in [0.717, 1.165) is 17.7 Å². The Morgan fingerprint density at radius 1 is 1.43 bits per heavy atom. The van der Waals surface area contributed by atoms with E-state index in [-0.39, 0.29) is 11.9 Å². The lowest BCUT2D eigenvalue weighted by Gasteiger charge is -2.10. The SMILES string of the molecule is CC(C)NC(=O)CNCc1cccc(OCCCC#N)c1. The van der Waals surface area contributed by atoms with Crippen molar-refractivity contribution in [3.63, 3.8) is 0 Å². The van der Waals surface area contributed by atoms with E-state index < -0.39 is 0 Å². The van der Waals surface area contributed by atoms with Gasteiger partial charge in [-0.05, 0) is 38.0 Å². The van der Waals surface area contributed by atoms with Crippen molar-refractivity contribution in [1.29, 1.82) is 5.26 Å². The molecular weight excluding hydrogens is 266 g/mol. The summed E-state index contributed by atoms with van der Waals surface area (Å²) in [6.07, 6.45) is 1.24. The summed E-state index contributed by atoms with van der Waals surface area (Å²) in [5, 5.41) is 14.4. The van der Waals surface area contributed by atoms with Crippen molar-refractivity contribution in [3.05, 3.63) is 29.8 Å². The highest BCUT2D eigenvalue weighted by molar-refractivity contribution is 5.78. The van der Waals surface area contributed by atoms with Crippen LogP contribution >= 0.6 is 0 Å². The molecule has 0 bridgehead atoms. The van der Waals surface area contributed by atoms with Crippen LogP contribution in [0.5, 0.6) is 5.75 Å². The van der Waals surface area contributed by atoms with E-state index >= 15 is 0 Å². The quantitative estimate of drug-likeness (QED) is 0.682. The maximum Gasteiger partial charge on any atom is 0.234 e. The molecule has 0 saturated heterocycles. The number of hydrogen-bond donors (Lipinski definition) is 2. The summed E-state index contributed by atoms with van der Waals surface area (Å²) >= 11 is 0. The van der Waals surface area contributed by atoms with Crippen LogP contribution < -0.4 is 15.4 Å². The monoisotopic (exact) mass is 289 g/mol. The molecule has 1 amide bonds. The van der Waals surface area contributed by atoms with Crippen LogP contribution in [0, 0.1) is 11.3 Å². The van der Waals surface area contributed by atoms with Gasteiger partial charge in [0.15, 0.2) is 0 Å². The average molecular weight is 289 g/mol. The zero-order valence-corrected chi connectivity index (χ0v) is 12.7. The summed E-state index contributed by atoms with van der Waals surface area (Å²) in [5.41, 5.74) is 1.06. The lowest BCUT2D eigenvalue weighted by Crippen LogP contribution is -2.37. The van der Waals surface area contributed by atoms with Gasteiger partial charge in [-0.1, -0.05) is 12.1 Å². The molecule has 0 aliphatic rings. The van der Waals surface area contributed by atoms with Crippen LogP contribution in [-0.4, -0.2) is 25.1 Å². The molecule has 0 aromatic heterocycles. The standard InChI is InChI=1S/C16H23N3O2/c1-13(2)19-16(20)12-18-11-14-6-5-7-15(10-14)21-9-4-3-8-17/h5-7,10,13,18H,3-4,9,11-12H2,1-2H3,(H,19,20). The van der Waals surface area contributed by atoms with E-state index in [1.54, 1.807) is 0 Å². The number of nitrogens with zero attached hydrogens (tertiary/aromatic N) is 1. The number of rotatable bonds is 9. The number of nitriles is 1. The molecular formula is C16H23N3O2. The second-order valence-electron chi connectivity index (χ2n) is 5.08. The second kappa shape index (κ2) is 9.78. The summed E-state index contributed by atoms with van der Waals surface area (Å²) in [5.74, 6) is 0.785. The van der Waals surface area contributed by atoms with E-state index in [1.165, 1.54) is 0 Å². The number of benzene rings is 1. The van der Waals surface area contributed by atoms with Crippen LogP contribution in [-0.2, 0) is 11.3 Å². The lowest BCUT2D eigenvalue weighted by atomic mass is 10.2. The first-order valence-electron chi connectivity index (χ1n) is 7.20. The molecule has 1 aromatic rings. The van der Waals surface area contributed by atoms with Crippen LogP contribution in [0.1, 0.15) is 32.3 Å². The Bertz CT molecular complexity index is 481. The fourth-order valence-electron chi connectivity index (χ4n) is 1.78. The third-order valence-electron chi connectivity index (χ3n) is 2.66. The zero-order chi connectivity index (χ0) is 15.5. The minimum Gasteiger partial charge on any atom is -0.494 e. The number of unbranched alkanes of at least 4 members (excludes halogenated alkanes) is 1. The Morgan fingerprint density at radius 2 is 2.24 bits per heavy atom. The first-order chi connectivity index (χ1) is 10.1. The summed E-state index contributed by atoms with van der Waals surface area (Å²) in [7, 11) is 0. The van der Waals surface area contributed by atoms with Gasteiger partial charge in [-0.3, -0.25) is 4.79 Å². The largest absolute Gasteiger partial charge is 0.494 e. The summed E-state index contributed by atoms with van der Waals surface area (Å²) < 4.78 is 5.57. The molecule has 1 aromatic carbocycles. The lowest BCUT2D eigenvalue weighted by molar-refractivity contribution is -0.120. The van der Waals surface area contributed by atoms with Crippen molar-refractivity contribution in [2.24, 2.45) is 0 Å². The minimum absolute atomic E-state index is 0.00564. The van der Waals surface area contributed by atoms with Crippen LogP contribution in [0.4, 0.5) is 0 Å². The van der Waals surface area contributed by atoms with Crippen molar-refractivity contribution in [2.45, 2.75) is 39.3 Å². The van der Waals surface area contributed by atoms with Gasteiger partial charge in [0.05, 0.1) is 19.2 Å². The summed E-state index contributed by atoms with van der Waals surface area (Å²) in [6, 6.07) is 9.98. The molecule has 0 atom stereocenters. The van der Waals surface area contributed by atoms with Gasteiger partial charge >= 0.3 is 0 Å². The van der Waals surface area contributed by atoms with Gasteiger partial charge < -0.3 is 15.4 Å². The van der Waals surface area contributed by atoms with E-state index in [1.807, 2.05) is 38.1 Å². The molecule has 0 spiro atoms. The molecule has 0 fully saturated rings. The molecule has 21 heavy (non-hydrogen) atoms. The molecule has 114 valence electrons. The Labute approximate surface area is 126 Å². The second-order valence-corrected chi connectivity index (χ2v) is 5.08. The smallest absolute Gasteiger partial charge is 0.234 e. The molecule has 0 aliphatic carbocycles. The topological polar surface area (TPSA) is 74.2 Å². The Kier molecular flexibility index (Phi) is 7.92. The predicted octanol–water partition coefficient (Wildman–Crippen LogP) is 1.98. The fraction of sp³-hybridized carbons (Fsp3) is 0.500. The van der Waals surface area contributed by atoms with Gasteiger partial charge in [-0.2, -0.15) is 5.26 Å². The van der Waals surface area contributed by atoms with Gasteiger partial charge in [0.25, 0.3) is 0 Å². The Morgan fingerprint density at radius 3 is 2.95 bits per heavy atom. The highest BCUT2D eigenvalue weighted by atomic mass is 16.5. The molecule has 2 N–H and O–H groups in total. The normalized spacial score (nSPS) is 10.2. The first-order valence-corrected chi connectivity index (χ1v) is 7.20. The third-order valence-corrected chi connectivity index (χ3v) is 2.66. The summed E-state index contributed by atoms with van der Waals surface area (Å²) in [4.78, 5) is 11.5. The highest BCUT2D eigenvalue weighted by Gasteiger charge is 2.03. The van der Waals surface area contributed by atoms with Crippen molar-refractivity contribution in [1.82, 2.24) is 10.6 Å². The van der Waals surface area contributed by atoms with E-state index in [4.69, 9.17) is 10.00 Å². The van der Waals surface area contributed by atoms with Crippen LogP contribution in [0.2, 0.25) is 0 Å². The molecule has 5 nitrogen and oxygen atoms in total. The molecule has 0 aliphatic heterocycles. The number of carbonyl (C=O) groups excluding carboxylic acids is 1. The Hall–Kier alpha value is -2.06. The van der Waals surface area contributed by atoms with Gasteiger partial charge in [0, 0.05) is 19.0 Å². The van der Waals surface area contributed by atoms with Crippen molar-refractivity contribution >= 4 is 5.91 Å². The number of carbonyl (C=O) groups is 1. The van der Waals surface area contributed by atoms with Gasteiger partial charge in [-0.15, -0.1) is 0 Å². The van der Waals surface area contributed by atoms with Gasteiger partial charge in [0.2, 0.25) is 5.91 Å². The number of ether oxygens (including phenoxy) is 1. The summed E-state index contributed by atoms with van der Waals surface area (Å²) in [6.45, 7) is 5.32. The first kappa shape index (κ1) is 17.0. The molecule has 0 saturated carbocycles. The van der Waals surface area contributed by atoms with E-state index in [9.17, 15) is 4.79 Å². The average Bonchev–Trinajstić information content (AvgIpc) is 2.43. The minimum atomic E-state index is -0.00564. The number of nitrogens with one attached hydrogen (secondary N) is 2. The van der Waals surface area contributed by atoms with E-state index in [2.05, 4.69) is 16.7 Å². The Balaban J connectivity index is 2.32. The molecule has 5 heteroatoms.